The predicted molar refractivity (Wildman–Crippen MR) is 86.3 cm³/mol. The Hall–Kier alpha value is -1.11. The molecule has 0 aromatic carbocycles. The third-order valence-electron chi connectivity index (χ3n) is 4.45. The van der Waals surface area contributed by atoms with Crippen molar-refractivity contribution in [1.29, 1.82) is 0 Å². The van der Waals surface area contributed by atoms with Gasteiger partial charge >= 0.3 is 6.03 Å². The maximum absolute atomic E-state index is 12.2. The Kier molecular flexibility index (Phi) is 5.00. The third kappa shape index (κ3) is 3.29. The second-order valence-corrected chi connectivity index (χ2v) is 6.96. The fourth-order valence-electron chi connectivity index (χ4n) is 3.30. The van der Waals surface area contributed by atoms with Crippen LogP contribution in [0, 0.1) is 0 Å². The van der Waals surface area contributed by atoms with Gasteiger partial charge in [-0.15, -0.1) is 11.3 Å². The Labute approximate surface area is 135 Å². The van der Waals surface area contributed by atoms with E-state index >= 15 is 0 Å². The monoisotopic (exact) mass is 324 g/mol. The summed E-state index contributed by atoms with van der Waals surface area (Å²) in [6, 6.07) is 2.03. The van der Waals surface area contributed by atoms with Crippen LogP contribution in [0.3, 0.4) is 0 Å². The van der Waals surface area contributed by atoms with Crippen LogP contribution >= 0.6 is 11.3 Å². The quantitative estimate of drug-likeness (QED) is 0.895. The molecule has 2 amide bonds. The summed E-state index contributed by atoms with van der Waals surface area (Å²) in [6.45, 7) is 5.53. The van der Waals surface area contributed by atoms with Crippen molar-refractivity contribution < 1.29 is 14.3 Å². The summed E-state index contributed by atoms with van der Waals surface area (Å²) < 4.78 is 11.5. The number of amides is 2. The molecule has 2 aliphatic heterocycles. The fraction of sp³-hybridized carbons (Fsp3) is 0.688. The molecule has 3 heterocycles. The number of rotatable bonds is 4. The van der Waals surface area contributed by atoms with Crippen molar-refractivity contribution >= 4 is 17.4 Å². The molecule has 3 rings (SSSR count). The molecular weight excluding hydrogens is 300 g/mol. The van der Waals surface area contributed by atoms with Crippen molar-refractivity contribution in [3.8, 4) is 0 Å². The van der Waals surface area contributed by atoms with Crippen LogP contribution in [-0.4, -0.2) is 37.4 Å². The first-order chi connectivity index (χ1) is 10.7. The van der Waals surface area contributed by atoms with Crippen molar-refractivity contribution in [3.05, 3.63) is 21.9 Å². The Morgan fingerprint density at radius 2 is 2.32 bits per heavy atom. The Morgan fingerprint density at radius 1 is 1.45 bits per heavy atom. The number of hydrogen-bond donors (Lipinski definition) is 2. The zero-order valence-corrected chi connectivity index (χ0v) is 13.9. The van der Waals surface area contributed by atoms with Crippen molar-refractivity contribution in [2.45, 2.75) is 57.4 Å². The Balaban J connectivity index is 1.56. The number of carbonyl (C=O) groups excluding carboxylic acids is 1. The first-order valence-corrected chi connectivity index (χ1v) is 8.93. The summed E-state index contributed by atoms with van der Waals surface area (Å²) in [5.41, 5.74) is 1.22. The summed E-state index contributed by atoms with van der Waals surface area (Å²) in [5, 5.41) is 8.16. The van der Waals surface area contributed by atoms with Gasteiger partial charge in [0.1, 0.15) is 6.10 Å². The lowest BCUT2D eigenvalue weighted by molar-refractivity contribution is 0.0231. The van der Waals surface area contributed by atoms with E-state index in [1.807, 2.05) is 6.92 Å². The molecule has 5 nitrogen and oxygen atoms in total. The van der Waals surface area contributed by atoms with Gasteiger partial charge in [0.05, 0.1) is 24.8 Å². The van der Waals surface area contributed by atoms with Gasteiger partial charge in [-0.3, -0.25) is 0 Å². The molecule has 0 aliphatic carbocycles. The van der Waals surface area contributed by atoms with E-state index in [0.717, 1.165) is 32.5 Å². The Morgan fingerprint density at radius 3 is 3.14 bits per heavy atom. The summed E-state index contributed by atoms with van der Waals surface area (Å²) in [6.07, 6.45) is 2.86. The molecule has 2 unspecified atom stereocenters. The van der Waals surface area contributed by atoms with Crippen LogP contribution < -0.4 is 10.6 Å². The van der Waals surface area contributed by atoms with E-state index in [0.29, 0.717) is 0 Å². The van der Waals surface area contributed by atoms with Gasteiger partial charge in [-0.05, 0) is 36.8 Å². The van der Waals surface area contributed by atoms with Crippen LogP contribution in [0.2, 0.25) is 0 Å². The molecular formula is C16H24N2O3S. The fourth-order valence-corrected chi connectivity index (χ4v) is 4.20. The molecule has 1 aromatic rings. The lowest BCUT2D eigenvalue weighted by atomic mass is 10.0. The molecule has 1 fully saturated rings. The van der Waals surface area contributed by atoms with E-state index in [4.69, 9.17) is 9.47 Å². The second-order valence-electron chi connectivity index (χ2n) is 5.96. The van der Waals surface area contributed by atoms with Crippen molar-refractivity contribution in [3.63, 3.8) is 0 Å². The van der Waals surface area contributed by atoms with Crippen molar-refractivity contribution in [2.24, 2.45) is 0 Å². The SMILES string of the molecule is CC[C@@H]1OCC[C@H]1NC(=O)NC(C)C1OCCc2sccc21. The minimum absolute atomic E-state index is 0.0532. The zero-order valence-electron chi connectivity index (χ0n) is 13.1. The molecule has 0 bridgehead atoms. The van der Waals surface area contributed by atoms with Gasteiger partial charge in [-0.2, -0.15) is 0 Å². The number of nitrogens with one attached hydrogen (secondary N) is 2. The smallest absolute Gasteiger partial charge is 0.315 e. The summed E-state index contributed by atoms with van der Waals surface area (Å²) >= 11 is 1.77. The van der Waals surface area contributed by atoms with Crippen LogP contribution in [0.25, 0.3) is 0 Å². The van der Waals surface area contributed by atoms with Crippen LogP contribution in [0.4, 0.5) is 4.79 Å². The number of urea groups is 1. The molecule has 1 aromatic heterocycles. The van der Waals surface area contributed by atoms with E-state index in [2.05, 4.69) is 29.0 Å². The molecule has 6 heteroatoms. The van der Waals surface area contributed by atoms with E-state index in [1.165, 1.54) is 10.4 Å². The normalized spacial score (nSPS) is 28.9. The van der Waals surface area contributed by atoms with Crippen LogP contribution in [-0.2, 0) is 15.9 Å². The molecule has 0 radical (unpaired) electrons. The van der Waals surface area contributed by atoms with E-state index in [1.54, 1.807) is 11.3 Å². The topological polar surface area (TPSA) is 59.6 Å². The third-order valence-corrected chi connectivity index (χ3v) is 5.45. The standard InChI is InChI=1S/C16H24N2O3S/c1-3-13-12(4-7-20-13)18-16(19)17-10(2)15-11-6-9-22-14(11)5-8-21-15/h6,9-10,12-13,15H,3-5,7-8H2,1-2H3,(H2,17,18,19)/t10?,12-,13+,15?/m1/s1. The van der Waals surface area contributed by atoms with E-state index < -0.39 is 0 Å². The first-order valence-electron chi connectivity index (χ1n) is 8.05. The van der Waals surface area contributed by atoms with Gasteiger partial charge in [0.2, 0.25) is 0 Å². The highest BCUT2D eigenvalue weighted by Crippen LogP contribution is 2.33. The maximum atomic E-state index is 12.2. The van der Waals surface area contributed by atoms with Crippen LogP contribution in [0.1, 0.15) is 43.2 Å². The van der Waals surface area contributed by atoms with Crippen molar-refractivity contribution in [1.82, 2.24) is 10.6 Å². The molecule has 0 spiro atoms. The van der Waals surface area contributed by atoms with Crippen molar-refractivity contribution in [2.75, 3.05) is 13.2 Å². The predicted octanol–water partition coefficient (Wildman–Crippen LogP) is 2.62. The first kappa shape index (κ1) is 15.8. The van der Waals surface area contributed by atoms with Gasteiger partial charge in [-0.25, -0.2) is 4.79 Å². The van der Waals surface area contributed by atoms with Gasteiger partial charge in [-0.1, -0.05) is 6.92 Å². The lowest BCUT2D eigenvalue weighted by Crippen LogP contribution is -2.49. The Bertz CT molecular complexity index is 519. The molecule has 2 N–H and O–H groups in total. The molecule has 2 aliphatic rings. The summed E-state index contributed by atoms with van der Waals surface area (Å²) in [5.74, 6) is 0. The number of ether oxygens (including phenoxy) is 2. The number of fused-ring (bicyclic) bond motifs is 1. The lowest BCUT2D eigenvalue weighted by Gasteiger charge is -2.29. The second kappa shape index (κ2) is 6.98. The molecule has 4 atom stereocenters. The highest BCUT2D eigenvalue weighted by molar-refractivity contribution is 7.10. The average molecular weight is 324 g/mol. The number of carbonyl (C=O) groups is 1. The summed E-state index contributed by atoms with van der Waals surface area (Å²) in [4.78, 5) is 13.6. The van der Waals surface area contributed by atoms with Crippen LogP contribution in [0.15, 0.2) is 11.4 Å². The zero-order chi connectivity index (χ0) is 15.5. The summed E-state index contributed by atoms with van der Waals surface area (Å²) in [7, 11) is 0. The largest absolute Gasteiger partial charge is 0.376 e. The molecule has 22 heavy (non-hydrogen) atoms. The van der Waals surface area contributed by atoms with Gasteiger partial charge < -0.3 is 20.1 Å². The van der Waals surface area contributed by atoms with Gasteiger partial charge in [0.15, 0.2) is 0 Å². The van der Waals surface area contributed by atoms with E-state index in [-0.39, 0.29) is 30.3 Å². The highest BCUT2D eigenvalue weighted by Gasteiger charge is 2.31. The maximum Gasteiger partial charge on any atom is 0.315 e. The molecule has 0 saturated carbocycles. The average Bonchev–Trinajstić information content (AvgIpc) is 3.14. The highest BCUT2D eigenvalue weighted by atomic mass is 32.1. The number of thiophene rings is 1. The minimum atomic E-state index is -0.132. The van der Waals surface area contributed by atoms with Gasteiger partial charge in [0, 0.05) is 17.9 Å². The minimum Gasteiger partial charge on any atom is -0.376 e. The van der Waals surface area contributed by atoms with Crippen LogP contribution in [0.5, 0.6) is 0 Å². The van der Waals surface area contributed by atoms with E-state index in [9.17, 15) is 4.79 Å². The molecule has 122 valence electrons. The molecule has 1 saturated heterocycles. The number of hydrogen-bond acceptors (Lipinski definition) is 4. The van der Waals surface area contributed by atoms with Gasteiger partial charge in [0.25, 0.3) is 0 Å².